The fraction of sp³-hybridized carbons (Fsp3) is 0.400. The van der Waals surface area contributed by atoms with Gasteiger partial charge < -0.3 is 13.9 Å². The van der Waals surface area contributed by atoms with Crippen molar-refractivity contribution in [2.24, 2.45) is 0 Å². The monoisotopic (exact) mass is 244 g/mol. The first-order valence-corrected chi connectivity index (χ1v) is 5.86. The summed E-state index contributed by atoms with van der Waals surface area (Å²) in [5.41, 5.74) is 1.04. The van der Waals surface area contributed by atoms with Gasteiger partial charge in [-0.2, -0.15) is 0 Å². The molecule has 0 heterocycles. The van der Waals surface area contributed by atoms with E-state index < -0.39 is 5.97 Å². The van der Waals surface area contributed by atoms with Gasteiger partial charge in [0.2, 0.25) is 0 Å². The van der Waals surface area contributed by atoms with Gasteiger partial charge in [0.15, 0.2) is 10.5 Å². The van der Waals surface area contributed by atoms with E-state index in [2.05, 4.69) is 12.6 Å². The minimum Gasteiger partial charge on any atom is -0.380 e. The molecule has 0 unspecified atom stereocenters. The van der Waals surface area contributed by atoms with E-state index in [0.717, 1.165) is 10.5 Å². The number of methoxy groups -OCH3 is 2. The summed E-state index contributed by atoms with van der Waals surface area (Å²) in [6, 6.07) is 7.81. The Kier molecular flexibility index (Phi) is 4.81. The number of rotatable bonds is 5. The van der Waals surface area contributed by atoms with Gasteiger partial charge in [-0.25, -0.2) is 0 Å². The van der Waals surface area contributed by atoms with Crippen LogP contribution in [-0.2, 0) is 20.3 Å². The lowest BCUT2D eigenvalue weighted by atomic mass is 10.1. The lowest BCUT2D eigenvalue weighted by Crippen LogP contribution is -2.38. The van der Waals surface area contributed by atoms with Gasteiger partial charge in [0.05, 0.1) is 6.42 Å². The van der Waals surface area contributed by atoms with Crippen molar-refractivity contribution in [1.82, 2.24) is 0 Å². The number of ether oxygens (including phenoxy) is 2. The average Bonchev–Trinajstić information content (AvgIpc) is 2.29. The van der Waals surface area contributed by atoms with Crippen LogP contribution in [0.1, 0.15) is 5.56 Å². The summed E-state index contributed by atoms with van der Waals surface area (Å²) in [6.07, 6.45) is 0.531. The average molecular weight is 244 g/mol. The van der Waals surface area contributed by atoms with E-state index in [4.69, 9.17) is 13.9 Å². The number of thiol groups is 1. The number of hydrogen-bond acceptors (Lipinski definition) is 4. The third kappa shape index (κ3) is 3.06. The van der Waals surface area contributed by atoms with Crippen LogP contribution in [-0.4, -0.2) is 30.7 Å². The molecule has 0 N–H and O–H groups in total. The van der Waals surface area contributed by atoms with Gasteiger partial charge in [-0.3, -0.25) is 0 Å². The van der Waals surface area contributed by atoms with Crippen molar-refractivity contribution in [3.63, 3.8) is 0 Å². The Balaban J connectivity index is 2.88. The second-order valence-corrected chi connectivity index (χ2v) is 3.99. The molecule has 15 heavy (non-hydrogen) atoms. The highest BCUT2D eigenvalue weighted by atomic mass is 32.1. The molecule has 0 spiro atoms. The first-order valence-electron chi connectivity index (χ1n) is 4.60. The first-order chi connectivity index (χ1) is 7.17. The summed E-state index contributed by atoms with van der Waals surface area (Å²) in [5.74, 6) is -0.967. The smallest absolute Gasteiger partial charge is 0.276 e. The molecule has 0 bridgehead atoms. The summed E-state index contributed by atoms with van der Waals surface area (Å²) in [7, 11) is 3.69. The molecular weight excluding hydrogens is 228 g/mol. The zero-order valence-electron chi connectivity index (χ0n) is 9.19. The van der Waals surface area contributed by atoms with Gasteiger partial charge in [0.25, 0.3) is 5.97 Å². The maximum absolute atomic E-state index is 5.36. The van der Waals surface area contributed by atoms with Crippen LogP contribution in [0.3, 0.4) is 0 Å². The predicted molar refractivity (Wildman–Crippen MR) is 65.2 cm³/mol. The fourth-order valence-corrected chi connectivity index (χ4v) is 2.08. The van der Waals surface area contributed by atoms with Crippen LogP contribution in [0.2, 0.25) is 0 Å². The normalized spacial score (nSPS) is 11.9. The van der Waals surface area contributed by atoms with Gasteiger partial charge in [-0.1, -0.05) is 18.2 Å². The summed E-state index contributed by atoms with van der Waals surface area (Å²) >= 11 is 4.37. The van der Waals surface area contributed by atoms with Crippen LogP contribution in [0, 0.1) is 0 Å². The maximum atomic E-state index is 5.36. The lowest BCUT2D eigenvalue weighted by molar-refractivity contribution is -0.320. The summed E-state index contributed by atoms with van der Waals surface area (Å²) in [5, 5.41) is 0. The molecule has 0 aliphatic rings. The third-order valence-corrected chi connectivity index (χ3v) is 3.39. The highest BCUT2D eigenvalue weighted by Crippen LogP contribution is 2.23. The minimum absolute atomic E-state index is 0.531. The van der Waals surface area contributed by atoms with Crippen LogP contribution in [0.5, 0.6) is 0 Å². The molecule has 0 saturated heterocycles. The Morgan fingerprint density at radius 2 is 1.87 bits per heavy atom. The van der Waals surface area contributed by atoms with E-state index in [0.29, 0.717) is 16.9 Å². The van der Waals surface area contributed by atoms with Crippen molar-refractivity contribution >= 4 is 23.1 Å². The molecule has 0 saturated carbocycles. The first kappa shape index (κ1) is 12.7. The summed E-state index contributed by atoms with van der Waals surface area (Å²) < 4.78 is 15.9. The van der Waals surface area contributed by atoms with Crippen molar-refractivity contribution in [3.8, 4) is 0 Å². The van der Waals surface area contributed by atoms with Crippen molar-refractivity contribution < 1.29 is 13.9 Å². The molecule has 0 amide bonds. The number of benzene rings is 1. The molecule has 1 rings (SSSR count). The Labute approximate surface area is 98.7 Å². The van der Waals surface area contributed by atoms with Crippen LogP contribution in [0.4, 0.5) is 0 Å². The van der Waals surface area contributed by atoms with Crippen LogP contribution in [0.25, 0.3) is 0 Å². The molecule has 84 valence electrons. The topological polar surface area (TPSA) is 27.7 Å². The van der Waals surface area contributed by atoms with Gasteiger partial charge in [0.1, 0.15) is 0 Å². The Morgan fingerprint density at radius 1 is 1.27 bits per heavy atom. The Morgan fingerprint density at radius 3 is 2.33 bits per heavy atom. The molecule has 0 aromatic heterocycles. The maximum Gasteiger partial charge on any atom is 0.276 e. The highest BCUT2D eigenvalue weighted by molar-refractivity contribution is 7.80. The van der Waals surface area contributed by atoms with Crippen LogP contribution >= 0.6 is 12.6 Å². The van der Waals surface area contributed by atoms with E-state index in [1.54, 1.807) is 14.2 Å². The standard InChI is InChI=1S/C10H16O3SSi/c1-11-10(12-2,13-15)7-8-5-3-4-6-9(8)14/h3-6,14H,7H2,1-2,15H3. The molecule has 1 aromatic rings. The van der Waals surface area contributed by atoms with Crippen molar-refractivity contribution in [2.75, 3.05) is 14.2 Å². The molecule has 0 aliphatic carbocycles. The lowest BCUT2D eigenvalue weighted by Gasteiger charge is -2.29. The Bertz CT molecular complexity index is 307. The molecule has 0 fully saturated rings. The van der Waals surface area contributed by atoms with Gasteiger partial charge >= 0.3 is 0 Å². The van der Waals surface area contributed by atoms with Gasteiger partial charge in [-0.05, 0) is 11.6 Å². The highest BCUT2D eigenvalue weighted by Gasteiger charge is 2.29. The molecule has 5 heteroatoms. The van der Waals surface area contributed by atoms with E-state index in [9.17, 15) is 0 Å². The number of hydrogen-bond donors (Lipinski definition) is 1. The zero-order chi connectivity index (χ0) is 11.3. The van der Waals surface area contributed by atoms with Gasteiger partial charge in [0, 0.05) is 19.1 Å². The largest absolute Gasteiger partial charge is 0.380 e. The molecule has 0 atom stereocenters. The van der Waals surface area contributed by atoms with Crippen molar-refractivity contribution in [3.05, 3.63) is 29.8 Å². The van der Waals surface area contributed by atoms with Crippen molar-refractivity contribution in [2.45, 2.75) is 17.3 Å². The fourth-order valence-electron chi connectivity index (χ4n) is 1.36. The predicted octanol–water partition coefficient (Wildman–Crippen LogP) is 0.761. The molecule has 3 nitrogen and oxygen atoms in total. The quantitative estimate of drug-likeness (QED) is 0.471. The van der Waals surface area contributed by atoms with Gasteiger partial charge in [-0.15, -0.1) is 12.6 Å². The molecular formula is C10H16O3SSi. The molecule has 1 aromatic carbocycles. The second kappa shape index (κ2) is 5.67. The second-order valence-electron chi connectivity index (χ2n) is 3.10. The molecule has 0 radical (unpaired) electrons. The van der Waals surface area contributed by atoms with E-state index in [1.807, 2.05) is 24.3 Å². The summed E-state index contributed by atoms with van der Waals surface area (Å²) in [4.78, 5) is 0.912. The van der Waals surface area contributed by atoms with E-state index >= 15 is 0 Å². The van der Waals surface area contributed by atoms with E-state index in [-0.39, 0.29) is 0 Å². The molecule has 0 aliphatic heterocycles. The minimum atomic E-state index is -0.967. The third-order valence-electron chi connectivity index (χ3n) is 2.33. The van der Waals surface area contributed by atoms with Crippen molar-refractivity contribution in [1.29, 1.82) is 0 Å². The van der Waals surface area contributed by atoms with E-state index in [1.165, 1.54) is 0 Å². The van der Waals surface area contributed by atoms with Crippen LogP contribution in [0.15, 0.2) is 29.2 Å². The summed E-state index contributed by atoms with van der Waals surface area (Å²) in [6.45, 7) is 0. The Hall–Kier alpha value is -0.333. The van der Waals surface area contributed by atoms with Crippen LogP contribution < -0.4 is 0 Å². The zero-order valence-corrected chi connectivity index (χ0v) is 12.1. The SMILES string of the molecule is COC(Cc1ccccc1S)(OC)O[SiH3].